The number of hydrogen-bond donors (Lipinski definition) is 2. The lowest BCUT2D eigenvalue weighted by Crippen LogP contribution is -2.12. The van der Waals surface area contributed by atoms with Crippen molar-refractivity contribution in [3.8, 4) is 11.5 Å². The van der Waals surface area contributed by atoms with Gasteiger partial charge in [-0.2, -0.15) is 5.10 Å². The summed E-state index contributed by atoms with van der Waals surface area (Å²) in [5, 5.41) is 13.5. The number of aromatic nitrogens is 2. The number of methoxy groups -OCH3 is 1. The van der Waals surface area contributed by atoms with Gasteiger partial charge in [-0.1, -0.05) is 0 Å². The quantitative estimate of drug-likeness (QED) is 0.814. The molecule has 0 aliphatic heterocycles. The summed E-state index contributed by atoms with van der Waals surface area (Å²) in [5.74, 6) is 0.216. The molecule has 0 saturated carbocycles. The van der Waals surface area contributed by atoms with Crippen molar-refractivity contribution in [1.29, 1.82) is 0 Å². The summed E-state index contributed by atoms with van der Waals surface area (Å²) in [6.45, 7) is 0. The minimum Gasteiger partial charge on any atom is -0.506 e. The summed E-state index contributed by atoms with van der Waals surface area (Å²) in [7, 11) is -0.701. The van der Waals surface area contributed by atoms with Crippen LogP contribution in [0.2, 0.25) is 0 Å². The highest BCUT2D eigenvalue weighted by atomic mass is 32.2. The Morgan fingerprint density at radius 1 is 1.42 bits per heavy atom. The Morgan fingerprint density at radius 2 is 2.16 bits per heavy atom. The lowest BCUT2D eigenvalue weighted by atomic mass is 10.3. The van der Waals surface area contributed by atoms with Crippen LogP contribution in [0.5, 0.6) is 11.5 Å². The molecule has 0 unspecified atom stereocenters. The summed E-state index contributed by atoms with van der Waals surface area (Å²) in [6, 6.07) is 4.28. The number of aryl methyl sites for hydroxylation is 1. The smallest absolute Gasteiger partial charge is 0.265 e. The van der Waals surface area contributed by atoms with Crippen LogP contribution in [0.15, 0.2) is 35.5 Å². The molecule has 2 aromatic rings. The van der Waals surface area contributed by atoms with Crippen LogP contribution in [-0.4, -0.2) is 30.4 Å². The number of anilines is 1. The fourth-order valence-corrected chi connectivity index (χ4v) is 2.52. The van der Waals surface area contributed by atoms with Crippen molar-refractivity contribution >= 4 is 15.7 Å². The Bertz CT molecular complexity index is 694. The first-order valence-electron chi connectivity index (χ1n) is 5.31. The molecule has 7 nitrogen and oxygen atoms in total. The van der Waals surface area contributed by atoms with E-state index >= 15 is 0 Å². The molecule has 102 valence electrons. The van der Waals surface area contributed by atoms with E-state index in [9.17, 15) is 13.5 Å². The summed E-state index contributed by atoms with van der Waals surface area (Å²) in [5.41, 5.74) is 0.0738. The van der Waals surface area contributed by atoms with Gasteiger partial charge in [0.15, 0.2) is 0 Å². The molecule has 0 amide bonds. The van der Waals surface area contributed by atoms with Gasteiger partial charge >= 0.3 is 0 Å². The molecule has 0 saturated heterocycles. The molecule has 0 atom stereocenters. The van der Waals surface area contributed by atoms with E-state index in [0.717, 1.165) is 0 Å². The molecule has 0 aliphatic rings. The minimum atomic E-state index is -3.77. The second-order valence-corrected chi connectivity index (χ2v) is 5.52. The topological polar surface area (TPSA) is 93.5 Å². The number of phenolic OH excluding ortho intramolecular Hbond substituents is 1. The summed E-state index contributed by atoms with van der Waals surface area (Å²) >= 11 is 0. The van der Waals surface area contributed by atoms with Crippen molar-refractivity contribution in [2.75, 3.05) is 11.8 Å². The Labute approximate surface area is 110 Å². The summed E-state index contributed by atoms with van der Waals surface area (Å²) in [4.78, 5) is 0.0187. The molecule has 0 aliphatic carbocycles. The van der Waals surface area contributed by atoms with Gasteiger partial charge in [-0.15, -0.1) is 0 Å². The second kappa shape index (κ2) is 4.81. The Balaban J connectivity index is 2.30. The highest BCUT2D eigenvalue weighted by molar-refractivity contribution is 7.92. The van der Waals surface area contributed by atoms with E-state index in [4.69, 9.17) is 4.74 Å². The van der Waals surface area contributed by atoms with Crippen LogP contribution >= 0.6 is 0 Å². The van der Waals surface area contributed by atoms with Crippen molar-refractivity contribution in [3.63, 3.8) is 0 Å². The molecular weight excluding hydrogens is 270 g/mol. The van der Waals surface area contributed by atoms with Crippen LogP contribution < -0.4 is 9.46 Å². The number of nitrogens with zero attached hydrogens (tertiary/aromatic N) is 2. The number of hydrogen-bond acceptors (Lipinski definition) is 5. The lowest BCUT2D eigenvalue weighted by Gasteiger charge is -2.09. The highest BCUT2D eigenvalue weighted by Gasteiger charge is 2.18. The van der Waals surface area contributed by atoms with Crippen LogP contribution in [0, 0.1) is 0 Å². The Kier molecular flexibility index (Phi) is 3.34. The van der Waals surface area contributed by atoms with Gasteiger partial charge < -0.3 is 9.84 Å². The van der Waals surface area contributed by atoms with Gasteiger partial charge in [0.25, 0.3) is 10.0 Å². The molecule has 0 fully saturated rings. The molecule has 19 heavy (non-hydrogen) atoms. The van der Waals surface area contributed by atoms with Gasteiger partial charge in [-0.05, 0) is 12.1 Å². The van der Waals surface area contributed by atoms with Crippen LogP contribution in [0.3, 0.4) is 0 Å². The third-order valence-electron chi connectivity index (χ3n) is 2.44. The second-order valence-electron chi connectivity index (χ2n) is 3.84. The van der Waals surface area contributed by atoms with E-state index in [2.05, 4.69) is 9.82 Å². The monoisotopic (exact) mass is 283 g/mol. The van der Waals surface area contributed by atoms with Crippen LogP contribution in [0.4, 0.5) is 5.69 Å². The molecule has 1 heterocycles. The molecule has 8 heteroatoms. The fourth-order valence-electron chi connectivity index (χ4n) is 1.47. The zero-order valence-electron chi connectivity index (χ0n) is 10.4. The molecular formula is C11H13N3O4S. The van der Waals surface area contributed by atoms with Gasteiger partial charge in [0.2, 0.25) is 0 Å². The number of ether oxygens (including phenoxy) is 1. The first kappa shape index (κ1) is 13.2. The first-order valence-corrected chi connectivity index (χ1v) is 6.79. The van der Waals surface area contributed by atoms with Gasteiger partial charge in [-0.25, -0.2) is 8.42 Å². The summed E-state index contributed by atoms with van der Waals surface area (Å²) < 4.78 is 32.6. The number of sulfonamides is 1. The minimum absolute atomic E-state index is 0.0187. The third kappa shape index (κ3) is 2.79. The maximum atomic E-state index is 12.0. The van der Waals surface area contributed by atoms with Crippen molar-refractivity contribution in [2.45, 2.75) is 4.90 Å². The SMILES string of the molecule is COc1ccc(NS(=O)(=O)c2cnn(C)c2)c(O)c1. The third-order valence-corrected chi connectivity index (χ3v) is 3.76. The first-order chi connectivity index (χ1) is 8.92. The van der Waals surface area contributed by atoms with Crippen molar-refractivity contribution in [2.24, 2.45) is 7.05 Å². The predicted molar refractivity (Wildman–Crippen MR) is 68.7 cm³/mol. The number of nitrogens with one attached hydrogen (secondary N) is 1. The van der Waals surface area contributed by atoms with Crippen molar-refractivity contribution in [3.05, 3.63) is 30.6 Å². The molecule has 1 aromatic heterocycles. The van der Waals surface area contributed by atoms with Crippen LogP contribution in [0.25, 0.3) is 0 Å². The van der Waals surface area contributed by atoms with Gasteiger partial charge in [-0.3, -0.25) is 9.40 Å². The zero-order valence-corrected chi connectivity index (χ0v) is 11.2. The van der Waals surface area contributed by atoms with E-state index in [1.807, 2.05) is 0 Å². The summed E-state index contributed by atoms with van der Waals surface area (Å²) in [6.07, 6.45) is 2.59. The molecule has 0 spiro atoms. The number of phenols is 1. The van der Waals surface area contributed by atoms with Gasteiger partial charge in [0, 0.05) is 19.3 Å². The zero-order chi connectivity index (χ0) is 14.0. The Hall–Kier alpha value is -2.22. The maximum absolute atomic E-state index is 12.0. The van der Waals surface area contributed by atoms with E-state index in [-0.39, 0.29) is 16.3 Å². The van der Waals surface area contributed by atoms with E-state index < -0.39 is 10.0 Å². The fraction of sp³-hybridized carbons (Fsp3) is 0.182. The van der Waals surface area contributed by atoms with E-state index in [0.29, 0.717) is 5.75 Å². The molecule has 2 N–H and O–H groups in total. The van der Waals surface area contributed by atoms with Crippen LogP contribution in [0.1, 0.15) is 0 Å². The average molecular weight is 283 g/mol. The number of benzene rings is 1. The maximum Gasteiger partial charge on any atom is 0.265 e. The largest absolute Gasteiger partial charge is 0.506 e. The average Bonchev–Trinajstić information content (AvgIpc) is 2.79. The molecule has 0 bridgehead atoms. The normalized spacial score (nSPS) is 11.3. The van der Waals surface area contributed by atoms with Crippen molar-refractivity contribution in [1.82, 2.24) is 9.78 Å². The standard InChI is InChI=1S/C11H13N3O4S/c1-14-7-9(6-12-14)19(16,17)13-10-4-3-8(18-2)5-11(10)15/h3-7,13,15H,1-2H3. The Morgan fingerprint density at radius 3 is 2.68 bits per heavy atom. The predicted octanol–water partition coefficient (Wildman–Crippen LogP) is 0.935. The molecule has 2 rings (SSSR count). The lowest BCUT2D eigenvalue weighted by molar-refractivity contribution is 0.408. The van der Waals surface area contributed by atoms with Crippen LogP contribution in [-0.2, 0) is 17.1 Å². The van der Waals surface area contributed by atoms with Gasteiger partial charge in [0.05, 0.1) is 19.0 Å². The highest BCUT2D eigenvalue weighted by Crippen LogP contribution is 2.29. The van der Waals surface area contributed by atoms with E-state index in [1.54, 1.807) is 13.1 Å². The molecule has 1 aromatic carbocycles. The van der Waals surface area contributed by atoms with Gasteiger partial charge in [0.1, 0.15) is 16.4 Å². The van der Waals surface area contributed by atoms with E-state index in [1.165, 1.54) is 36.3 Å². The van der Waals surface area contributed by atoms with Crippen molar-refractivity contribution < 1.29 is 18.3 Å². The number of rotatable bonds is 4. The number of aromatic hydroxyl groups is 1. The molecule has 0 radical (unpaired) electrons.